The number of aryl methyl sites for hydroxylation is 2. The van der Waals surface area contributed by atoms with Crippen molar-refractivity contribution in [3.8, 4) is 0 Å². The Bertz CT molecular complexity index is 516. The van der Waals surface area contributed by atoms with Gasteiger partial charge in [0.05, 0.1) is 0 Å². The Morgan fingerprint density at radius 2 is 1.09 bits per heavy atom. The number of rotatable bonds is 8. The summed E-state index contributed by atoms with van der Waals surface area (Å²) >= 11 is 0. The molecule has 0 spiro atoms. The van der Waals surface area contributed by atoms with Crippen molar-refractivity contribution in [3.05, 3.63) is 70.8 Å². The lowest BCUT2D eigenvalue weighted by Gasteiger charge is -2.20. The highest BCUT2D eigenvalue weighted by atomic mass is 14.2. The van der Waals surface area contributed by atoms with Crippen LogP contribution in [0.1, 0.15) is 74.6 Å². The van der Waals surface area contributed by atoms with Crippen molar-refractivity contribution in [2.75, 3.05) is 0 Å². The molecule has 0 aromatic heterocycles. The van der Waals surface area contributed by atoms with Gasteiger partial charge in [-0.05, 0) is 47.9 Å². The summed E-state index contributed by atoms with van der Waals surface area (Å²) < 4.78 is 0. The monoisotopic (exact) mass is 294 g/mol. The van der Waals surface area contributed by atoms with Crippen molar-refractivity contribution in [1.29, 1.82) is 0 Å². The predicted molar refractivity (Wildman–Crippen MR) is 97.6 cm³/mol. The van der Waals surface area contributed by atoms with E-state index in [1.54, 1.807) is 0 Å². The Morgan fingerprint density at radius 3 is 1.50 bits per heavy atom. The topological polar surface area (TPSA) is 0 Å². The van der Waals surface area contributed by atoms with E-state index in [0.717, 1.165) is 0 Å². The van der Waals surface area contributed by atoms with Gasteiger partial charge in [0.2, 0.25) is 0 Å². The molecule has 0 heterocycles. The van der Waals surface area contributed by atoms with Gasteiger partial charge < -0.3 is 0 Å². The second-order valence-electron chi connectivity index (χ2n) is 6.33. The molecule has 0 radical (unpaired) electrons. The second kappa shape index (κ2) is 8.78. The van der Waals surface area contributed by atoms with E-state index in [4.69, 9.17) is 0 Å². The molecule has 22 heavy (non-hydrogen) atoms. The van der Waals surface area contributed by atoms with Gasteiger partial charge in [0.1, 0.15) is 0 Å². The van der Waals surface area contributed by atoms with Crippen LogP contribution in [0.3, 0.4) is 0 Å². The standard InChI is InChI=1S/C22H30/c1-4-6-12-19-14-8-10-16-21(19)18(3)22-17-11-9-15-20(22)13-7-5-2/h8-11,14-18H,4-7,12-13H2,1-3H3. The minimum absolute atomic E-state index is 0.487. The summed E-state index contributed by atoms with van der Waals surface area (Å²) in [5, 5.41) is 0. The summed E-state index contributed by atoms with van der Waals surface area (Å²) in [6.07, 6.45) is 7.48. The minimum Gasteiger partial charge on any atom is -0.0654 e. The van der Waals surface area contributed by atoms with Crippen LogP contribution in [0.15, 0.2) is 48.5 Å². The van der Waals surface area contributed by atoms with Gasteiger partial charge in [0.25, 0.3) is 0 Å². The van der Waals surface area contributed by atoms with Crippen molar-refractivity contribution in [1.82, 2.24) is 0 Å². The molecular formula is C22H30. The Balaban J connectivity index is 2.30. The maximum atomic E-state index is 2.37. The number of benzene rings is 2. The zero-order chi connectivity index (χ0) is 15.8. The fourth-order valence-corrected chi connectivity index (χ4v) is 3.27. The van der Waals surface area contributed by atoms with Crippen molar-refractivity contribution < 1.29 is 0 Å². The molecule has 2 aromatic carbocycles. The largest absolute Gasteiger partial charge is 0.0654 e. The molecule has 2 rings (SSSR count). The zero-order valence-corrected chi connectivity index (χ0v) is 14.4. The molecule has 0 nitrogen and oxygen atoms in total. The third kappa shape index (κ3) is 4.22. The molecule has 0 heteroatoms. The van der Waals surface area contributed by atoms with Crippen LogP contribution in [-0.4, -0.2) is 0 Å². The lowest BCUT2D eigenvalue weighted by molar-refractivity contribution is 0.761. The normalized spacial score (nSPS) is 11.1. The van der Waals surface area contributed by atoms with E-state index in [2.05, 4.69) is 69.3 Å². The first kappa shape index (κ1) is 16.8. The summed E-state index contributed by atoms with van der Waals surface area (Å²) in [5.74, 6) is 0.487. The third-order valence-corrected chi connectivity index (χ3v) is 4.64. The minimum atomic E-state index is 0.487. The summed E-state index contributed by atoms with van der Waals surface area (Å²) in [5.41, 5.74) is 6.09. The predicted octanol–water partition coefficient (Wildman–Crippen LogP) is 6.52. The number of hydrogen-bond donors (Lipinski definition) is 0. The van der Waals surface area contributed by atoms with Crippen LogP contribution in [0, 0.1) is 0 Å². The van der Waals surface area contributed by atoms with E-state index in [-0.39, 0.29) is 0 Å². The van der Waals surface area contributed by atoms with Crippen molar-refractivity contribution in [2.24, 2.45) is 0 Å². The Labute approximate surface area is 136 Å². The first-order valence-electron chi connectivity index (χ1n) is 8.93. The van der Waals surface area contributed by atoms with Crippen molar-refractivity contribution >= 4 is 0 Å². The molecule has 118 valence electrons. The molecule has 0 amide bonds. The van der Waals surface area contributed by atoms with E-state index in [1.807, 2.05) is 0 Å². The third-order valence-electron chi connectivity index (χ3n) is 4.64. The van der Waals surface area contributed by atoms with E-state index in [0.29, 0.717) is 5.92 Å². The van der Waals surface area contributed by atoms with Gasteiger partial charge in [0, 0.05) is 5.92 Å². The number of unbranched alkanes of at least 4 members (excludes halogenated alkanes) is 2. The van der Waals surface area contributed by atoms with Gasteiger partial charge in [-0.25, -0.2) is 0 Å². The molecule has 0 unspecified atom stereocenters. The van der Waals surface area contributed by atoms with Crippen molar-refractivity contribution in [2.45, 2.75) is 65.2 Å². The number of hydrogen-bond acceptors (Lipinski definition) is 0. The second-order valence-corrected chi connectivity index (χ2v) is 6.33. The van der Waals surface area contributed by atoms with Gasteiger partial charge in [-0.2, -0.15) is 0 Å². The molecule has 0 saturated carbocycles. The van der Waals surface area contributed by atoms with Crippen LogP contribution < -0.4 is 0 Å². The maximum absolute atomic E-state index is 2.37. The summed E-state index contributed by atoms with van der Waals surface area (Å²) in [6, 6.07) is 18.0. The summed E-state index contributed by atoms with van der Waals surface area (Å²) in [6.45, 7) is 6.91. The molecule has 0 N–H and O–H groups in total. The molecule has 0 aliphatic rings. The van der Waals surface area contributed by atoms with E-state index in [9.17, 15) is 0 Å². The van der Waals surface area contributed by atoms with Gasteiger partial charge in [-0.3, -0.25) is 0 Å². The van der Waals surface area contributed by atoms with Crippen LogP contribution in [0.5, 0.6) is 0 Å². The Kier molecular flexibility index (Phi) is 6.71. The fraction of sp³-hybridized carbons (Fsp3) is 0.455. The smallest absolute Gasteiger partial charge is 0.00664 e. The van der Waals surface area contributed by atoms with E-state index >= 15 is 0 Å². The quantitative estimate of drug-likeness (QED) is 0.519. The van der Waals surface area contributed by atoms with Crippen molar-refractivity contribution in [3.63, 3.8) is 0 Å². The molecule has 0 fully saturated rings. The molecule has 0 bridgehead atoms. The molecule has 0 saturated heterocycles. The summed E-state index contributed by atoms with van der Waals surface area (Å²) in [4.78, 5) is 0. The zero-order valence-electron chi connectivity index (χ0n) is 14.4. The van der Waals surface area contributed by atoms with Gasteiger partial charge in [-0.1, -0.05) is 82.1 Å². The molecule has 0 aliphatic heterocycles. The summed E-state index contributed by atoms with van der Waals surface area (Å²) in [7, 11) is 0. The first-order chi connectivity index (χ1) is 10.8. The Morgan fingerprint density at radius 1 is 0.682 bits per heavy atom. The molecule has 0 aliphatic carbocycles. The lowest BCUT2D eigenvalue weighted by atomic mass is 9.85. The van der Waals surface area contributed by atoms with Crippen LogP contribution in [0.4, 0.5) is 0 Å². The highest BCUT2D eigenvalue weighted by Gasteiger charge is 2.15. The van der Waals surface area contributed by atoms with Gasteiger partial charge in [-0.15, -0.1) is 0 Å². The SMILES string of the molecule is CCCCc1ccccc1C(C)c1ccccc1CCCC. The maximum Gasteiger partial charge on any atom is 0.00664 e. The highest BCUT2D eigenvalue weighted by Crippen LogP contribution is 2.30. The van der Waals surface area contributed by atoms with Gasteiger partial charge in [0.15, 0.2) is 0 Å². The fourth-order valence-electron chi connectivity index (χ4n) is 3.27. The molecular weight excluding hydrogens is 264 g/mol. The molecule has 0 atom stereocenters. The first-order valence-corrected chi connectivity index (χ1v) is 8.93. The van der Waals surface area contributed by atoms with E-state index in [1.165, 1.54) is 60.8 Å². The Hall–Kier alpha value is -1.56. The van der Waals surface area contributed by atoms with Crippen LogP contribution in [-0.2, 0) is 12.8 Å². The molecule has 2 aromatic rings. The van der Waals surface area contributed by atoms with Crippen LogP contribution in [0.2, 0.25) is 0 Å². The average Bonchev–Trinajstić information content (AvgIpc) is 2.58. The van der Waals surface area contributed by atoms with E-state index < -0.39 is 0 Å². The lowest BCUT2D eigenvalue weighted by Crippen LogP contribution is -2.04. The van der Waals surface area contributed by atoms with Crippen LogP contribution in [0.25, 0.3) is 0 Å². The average molecular weight is 294 g/mol. The highest BCUT2D eigenvalue weighted by molar-refractivity contribution is 5.41. The van der Waals surface area contributed by atoms with Crippen LogP contribution >= 0.6 is 0 Å². The van der Waals surface area contributed by atoms with Gasteiger partial charge >= 0.3 is 0 Å².